The molecule has 0 radical (unpaired) electrons. The van der Waals surface area contributed by atoms with E-state index in [-0.39, 0.29) is 11.3 Å². The molecule has 0 saturated carbocycles. The Kier molecular flexibility index (Phi) is 9.42. The lowest BCUT2D eigenvalue weighted by molar-refractivity contribution is 0.0986. The van der Waals surface area contributed by atoms with Crippen LogP contribution in [0.15, 0.2) is 97.1 Å². The third kappa shape index (κ3) is 6.23. The summed E-state index contributed by atoms with van der Waals surface area (Å²) in [6.07, 6.45) is 1.16. The van der Waals surface area contributed by atoms with Crippen LogP contribution in [-0.2, 0) is 5.41 Å². The molecule has 6 rings (SSSR count). The number of para-hydroxylation sites is 5. The van der Waals surface area contributed by atoms with Crippen LogP contribution in [0.25, 0.3) is 0 Å². The summed E-state index contributed by atoms with van der Waals surface area (Å²) in [7, 11) is 10.3. The Hall–Kier alpha value is -4.13. The maximum absolute atomic E-state index is 13.0. The van der Waals surface area contributed by atoms with Gasteiger partial charge in [-0.05, 0) is 88.7 Å². The van der Waals surface area contributed by atoms with E-state index in [0.29, 0.717) is 6.54 Å². The van der Waals surface area contributed by atoms with Gasteiger partial charge in [-0.2, -0.15) is 0 Å². The van der Waals surface area contributed by atoms with Gasteiger partial charge in [0, 0.05) is 43.5 Å². The van der Waals surface area contributed by atoms with E-state index in [2.05, 4.69) is 102 Å². The molecule has 0 aromatic heterocycles. The summed E-state index contributed by atoms with van der Waals surface area (Å²) in [6, 6.07) is 33.6. The van der Waals surface area contributed by atoms with E-state index in [4.69, 9.17) is 0 Å². The van der Waals surface area contributed by atoms with E-state index in [1.165, 1.54) is 22.5 Å². The summed E-state index contributed by atoms with van der Waals surface area (Å²) in [5.74, 6) is 0.0641. The molecule has 0 atom stereocenters. The monoisotopic (exact) mass is 589 g/mol. The zero-order valence-electron chi connectivity index (χ0n) is 27.4. The number of hydrogen-bond acceptors (Lipinski definition) is 5. The first kappa shape index (κ1) is 31.3. The number of fused-ring (bicyclic) bond motifs is 4. The quantitative estimate of drug-likeness (QED) is 0.225. The van der Waals surface area contributed by atoms with E-state index < -0.39 is 0 Å². The highest BCUT2D eigenvalue weighted by atomic mass is 16.2. The summed E-state index contributed by atoms with van der Waals surface area (Å²) in [5.41, 5.74) is 9.37. The Morgan fingerprint density at radius 2 is 1.05 bits per heavy atom. The second-order valence-corrected chi connectivity index (χ2v) is 12.8. The number of amides is 1. The third-order valence-electron chi connectivity index (χ3n) is 8.77. The van der Waals surface area contributed by atoms with Gasteiger partial charge in [0.2, 0.25) is 0 Å². The van der Waals surface area contributed by atoms with Crippen molar-refractivity contribution in [2.24, 2.45) is 0 Å². The van der Waals surface area contributed by atoms with Gasteiger partial charge in [0.05, 0.1) is 22.6 Å². The van der Waals surface area contributed by atoms with Gasteiger partial charge in [0.15, 0.2) is 0 Å². The van der Waals surface area contributed by atoms with Crippen molar-refractivity contribution in [2.75, 3.05) is 76.1 Å². The predicted molar refractivity (Wildman–Crippen MR) is 186 cm³/mol. The number of anilines is 5. The van der Waals surface area contributed by atoms with E-state index in [0.717, 1.165) is 48.7 Å². The Balaban J connectivity index is 0.000000175. The average Bonchev–Trinajstić information content (AvgIpc) is 3.11. The van der Waals surface area contributed by atoms with Crippen LogP contribution in [0, 0.1) is 0 Å². The molecule has 2 aliphatic heterocycles. The van der Waals surface area contributed by atoms with Crippen LogP contribution in [0.5, 0.6) is 0 Å². The Labute approximate surface area is 264 Å². The van der Waals surface area contributed by atoms with Crippen molar-refractivity contribution in [3.63, 3.8) is 0 Å². The van der Waals surface area contributed by atoms with Crippen LogP contribution in [-0.4, -0.2) is 77.1 Å². The van der Waals surface area contributed by atoms with Crippen molar-refractivity contribution >= 4 is 34.3 Å². The fraction of sp³-hybridized carbons (Fsp3) is 0.342. The molecular weight excluding hydrogens is 542 g/mol. The lowest BCUT2D eigenvalue weighted by atomic mass is 9.73. The summed E-state index contributed by atoms with van der Waals surface area (Å²) in [5, 5.41) is 0. The van der Waals surface area contributed by atoms with Crippen LogP contribution < -0.4 is 14.7 Å². The molecule has 0 N–H and O–H groups in total. The summed E-state index contributed by atoms with van der Waals surface area (Å²) >= 11 is 0. The van der Waals surface area contributed by atoms with Crippen molar-refractivity contribution in [2.45, 2.75) is 25.7 Å². The van der Waals surface area contributed by atoms with Crippen LogP contribution in [0.3, 0.4) is 0 Å². The van der Waals surface area contributed by atoms with Gasteiger partial charge in [-0.15, -0.1) is 0 Å². The molecule has 0 fully saturated rings. The summed E-state index contributed by atoms with van der Waals surface area (Å²) in [6.45, 7) is 8.34. The minimum atomic E-state index is 0.0607. The first-order valence-corrected chi connectivity index (χ1v) is 15.6. The molecule has 2 heterocycles. The molecule has 1 amide bonds. The van der Waals surface area contributed by atoms with Gasteiger partial charge < -0.3 is 24.5 Å². The summed E-state index contributed by atoms with van der Waals surface area (Å²) < 4.78 is 0. The number of nitrogens with zero attached hydrogens (tertiary/aromatic N) is 5. The van der Waals surface area contributed by atoms with E-state index >= 15 is 0 Å². The second-order valence-electron chi connectivity index (χ2n) is 12.8. The molecule has 0 aliphatic carbocycles. The lowest BCUT2D eigenvalue weighted by Crippen LogP contribution is -2.36. The highest BCUT2D eigenvalue weighted by molar-refractivity contribution is 6.13. The minimum Gasteiger partial charge on any atom is -0.342 e. The molecule has 0 spiro atoms. The van der Waals surface area contributed by atoms with Crippen LogP contribution >= 0.6 is 0 Å². The van der Waals surface area contributed by atoms with E-state index in [9.17, 15) is 4.79 Å². The van der Waals surface area contributed by atoms with Crippen LogP contribution in [0.2, 0.25) is 0 Å². The topological polar surface area (TPSA) is 33.3 Å². The number of benzene rings is 4. The van der Waals surface area contributed by atoms with Gasteiger partial charge >= 0.3 is 0 Å². The van der Waals surface area contributed by atoms with E-state index in [1.54, 1.807) is 0 Å². The SMILES string of the molecule is CN(C)CCCN1c2ccccc2C(C)(C)c2ccccc21.CN(C)CCN1C(=O)c2ccccc2N(C)c2ccccc21. The number of carbonyl (C=O) groups is 1. The van der Waals surface area contributed by atoms with Crippen LogP contribution in [0.4, 0.5) is 28.4 Å². The third-order valence-corrected chi connectivity index (χ3v) is 8.77. The van der Waals surface area contributed by atoms with Gasteiger partial charge in [-0.3, -0.25) is 4.79 Å². The molecule has 0 unspecified atom stereocenters. The van der Waals surface area contributed by atoms with Crippen molar-refractivity contribution in [1.29, 1.82) is 0 Å². The molecule has 4 aromatic carbocycles. The largest absolute Gasteiger partial charge is 0.342 e. The standard InChI is InChI=1S/C20H26N2.C18H21N3O/c1-20(2)16-10-5-7-12-18(16)22(15-9-14-21(3)4)19-13-8-6-11-17(19)20;1-19(2)12-13-21-17-11-7-6-10-16(17)20(3)15-9-5-4-8-14(15)18(21)22/h5-8,10-13H,9,14-15H2,1-4H3;4-11H,12-13H2,1-3H3. The maximum atomic E-state index is 13.0. The van der Waals surface area contributed by atoms with Crippen molar-refractivity contribution in [3.05, 3.63) is 114 Å². The summed E-state index contributed by atoms with van der Waals surface area (Å²) in [4.78, 5) is 23.9. The molecule has 6 nitrogen and oxygen atoms in total. The first-order chi connectivity index (χ1) is 21.1. The van der Waals surface area contributed by atoms with Gasteiger partial charge in [-0.1, -0.05) is 74.5 Å². The smallest absolute Gasteiger partial charge is 0.260 e. The zero-order valence-corrected chi connectivity index (χ0v) is 27.4. The van der Waals surface area contributed by atoms with E-state index in [1.807, 2.05) is 68.5 Å². The number of carbonyl (C=O) groups excluding carboxylic acids is 1. The molecule has 230 valence electrons. The normalized spacial score (nSPS) is 14.8. The Morgan fingerprint density at radius 3 is 1.61 bits per heavy atom. The van der Waals surface area contributed by atoms with Crippen molar-refractivity contribution in [3.8, 4) is 0 Å². The number of hydrogen-bond donors (Lipinski definition) is 0. The Bertz CT molecular complexity index is 1540. The molecule has 2 aliphatic rings. The predicted octanol–water partition coefficient (Wildman–Crippen LogP) is 7.39. The molecule has 4 aromatic rings. The van der Waals surface area contributed by atoms with Crippen LogP contribution in [0.1, 0.15) is 41.8 Å². The highest BCUT2D eigenvalue weighted by Crippen LogP contribution is 2.48. The van der Waals surface area contributed by atoms with Crippen molar-refractivity contribution in [1.82, 2.24) is 9.80 Å². The number of likely N-dealkylation sites (N-methyl/N-ethyl adjacent to an activating group) is 1. The second kappa shape index (κ2) is 13.2. The van der Waals surface area contributed by atoms with Gasteiger partial charge in [-0.25, -0.2) is 0 Å². The lowest BCUT2D eigenvalue weighted by Gasteiger charge is -2.42. The fourth-order valence-corrected chi connectivity index (χ4v) is 6.37. The fourth-order valence-electron chi connectivity index (χ4n) is 6.37. The molecule has 6 heteroatoms. The molecule has 0 bridgehead atoms. The Morgan fingerprint density at radius 1 is 0.568 bits per heavy atom. The molecule has 0 saturated heterocycles. The first-order valence-electron chi connectivity index (χ1n) is 15.6. The maximum Gasteiger partial charge on any atom is 0.260 e. The molecular formula is C38H47N5O. The minimum absolute atomic E-state index is 0.0607. The van der Waals surface area contributed by atoms with Gasteiger partial charge in [0.25, 0.3) is 5.91 Å². The average molecular weight is 590 g/mol. The van der Waals surface area contributed by atoms with Crippen molar-refractivity contribution < 1.29 is 4.79 Å². The molecule has 44 heavy (non-hydrogen) atoms. The zero-order chi connectivity index (χ0) is 31.4. The number of rotatable bonds is 7. The van der Waals surface area contributed by atoms with Gasteiger partial charge in [0.1, 0.15) is 0 Å². The highest BCUT2D eigenvalue weighted by Gasteiger charge is 2.35.